The van der Waals surface area contributed by atoms with Crippen LogP contribution in [0.3, 0.4) is 0 Å². The van der Waals surface area contributed by atoms with Crippen LogP contribution in [0.25, 0.3) is 0 Å². The fourth-order valence-electron chi connectivity index (χ4n) is 2.40. The minimum absolute atomic E-state index is 0.132. The molecule has 1 aliphatic rings. The van der Waals surface area contributed by atoms with Gasteiger partial charge in [-0.05, 0) is 37.1 Å². The van der Waals surface area contributed by atoms with Gasteiger partial charge in [-0.1, -0.05) is 18.5 Å². The first kappa shape index (κ1) is 16.7. The minimum atomic E-state index is -3.62. The van der Waals surface area contributed by atoms with Crippen molar-refractivity contribution in [3.63, 3.8) is 0 Å². The zero-order chi connectivity index (χ0) is 15.6. The summed E-state index contributed by atoms with van der Waals surface area (Å²) in [6.45, 7) is 4.23. The van der Waals surface area contributed by atoms with Gasteiger partial charge in [0, 0.05) is 17.6 Å². The first-order chi connectivity index (χ1) is 9.90. The molecule has 2 unspecified atom stereocenters. The van der Waals surface area contributed by atoms with Crippen LogP contribution < -0.4 is 0 Å². The van der Waals surface area contributed by atoms with Gasteiger partial charge in [-0.15, -0.1) is 0 Å². The molecule has 0 bridgehead atoms. The van der Waals surface area contributed by atoms with E-state index in [0.717, 1.165) is 0 Å². The van der Waals surface area contributed by atoms with Gasteiger partial charge in [0.05, 0.1) is 24.2 Å². The van der Waals surface area contributed by atoms with Gasteiger partial charge in [0.15, 0.2) is 0 Å². The topological polar surface area (TPSA) is 66.8 Å². The predicted octanol–water partition coefficient (Wildman–Crippen LogP) is 2.02. The second kappa shape index (κ2) is 6.62. The standard InChI is InChI=1S/C14H20ClNO4S/c1-3-12-9-20-10(2)7-16(12)21(18,19)13-4-5-14(15)11(6-13)8-17/h4-6,10,12,17H,3,7-9H2,1-2H3. The molecule has 0 radical (unpaired) electrons. The van der Waals surface area contributed by atoms with Crippen LogP contribution in [0.15, 0.2) is 23.1 Å². The van der Waals surface area contributed by atoms with Crippen molar-refractivity contribution >= 4 is 21.6 Å². The van der Waals surface area contributed by atoms with Crippen molar-refractivity contribution in [1.82, 2.24) is 4.31 Å². The normalized spacial score (nSPS) is 24.2. The molecular weight excluding hydrogens is 314 g/mol. The Morgan fingerprint density at radius 1 is 1.48 bits per heavy atom. The van der Waals surface area contributed by atoms with Crippen molar-refractivity contribution < 1.29 is 18.3 Å². The molecule has 1 fully saturated rings. The van der Waals surface area contributed by atoms with Crippen LogP contribution in [0.4, 0.5) is 0 Å². The number of hydrogen-bond acceptors (Lipinski definition) is 4. The Morgan fingerprint density at radius 2 is 2.19 bits per heavy atom. The third-order valence-electron chi connectivity index (χ3n) is 3.68. The average molecular weight is 334 g/mol. The molecule has 0 spiro atoms. The monoisotopic (exact) mass is 333 g/mol. The zero-order valence-electron chi connectivity index (χ0n) is 12.1. The molecule has 0 amide bonds. The van der Waals surface area contributed by atoms with E-state index in [1.807, 2.05) is 13.8 Å². The third kappa shape index (κ3) is 3.40. The van der Waals surface area contributed by atoms with Gasteiger partial charge in [-0.2, -0.15) is 4.31 Å². The summed E-state index contributed by atoms with van der Waals surface area (Å²) in [5.41, 5.74) is 0.409. The van der Waals surface area contributed by atoms with E-state index < -0.39 is 10.0 Å². The Kier molecular flexibility index (Phi) is 5.27. The SMILES string of the molecule is CCC1COC(C)CN1S(=O)(=O)c1ccc(Cl)c(CO)c1. The molecule has 2 atom stereocenters. The summed E-state index contributed by atoms with van der Waals surface area (Å²) < 4.78 is 32.7. The summed E-state index contributed by atoms with van der Waals surface area (Å²) in [5.74, 6) is 0. The van der Waals surface area contributed by atoms with E-state index in [4.69, 9.17) is 16.3 Å². The molecule has 5 nitrogen and oxygen atoms in total. The van der Waals surface area contributed by atoms with Crippen molar-refractivity contribution in [2.24, 2.45) is 0 Å². The number of hydrogen-bond donors (Lipinski definition) is 1. The van der Waals surface area contributed by atoms with Crippen LogP contribution in [-0.4, -0.2) is 43.1 Å². The number of sulfonamides is 1. The molecule has 1 heterocycles. The van der Waals surface area contributed by atoms with Gasteiger partial charge in [0.25, 0.3) is 0 Å². The predicted molar refractivity (Wildman–Crippen MR) is 80.8 cm³/mol. The van der Waals surface area contributed by atoms with Gasteiger partial charge in [-0.25, -0.2) is 8.42 Å². The summed E-state index contributed by atoms with van der Waals surface area (Å²) in [7, 11) is -3.62. The first-order valence-electron chi connectivity index (χ1n) is 6.92. The molecule has 1 N–H and O–H groups in total. The van der Waals surface area contributed by atoms with Gasteiger partial charge in [0.2, 0.25) is 10.0 Å². The fraction of sp³-hybridized carbons (Fsp3) is 0.571. The van der Waals surface area contributed by atoms with Crippen LogP contribution >= 0.6 is 11.6 Å². The lowest BCUT2D eigenvalue weighted by Crippen LogP contribution is -2.51. The largest absolute Gasteiger partial charge is 0.392 e. The van der Waals surface area contributed by atoms with Crippen molar-refractivity contribution in [3.8, 4) is 0 Å². The maximum absolute atomic E-state index is 12.8. The number of ether oxygens (including phenoxy) is 1. The van der Waals surface area contributed by atoms with E-state index in [-0.39, 0.29) is 23.6 Å². The average Bonchev–Trinajstić information content (AvgIpc) is 2.47. The van der Waals surface area contributed by atoms with Crippen LogP contribution in [0.5, 0.6) is 0 Å². The van der Waals surface area contributed by atoms with Crippen molar-refractivity contribution in [3.05, 3.63) is 28.8 Å². The molecule has 1 saturated heterocycles. The molecule has 2 rings (SSSR count). The Bertz CT molecular complexity index is 605. The third-order valence-corrected chi connectivity index (χ3v) is 5.97. The first-order valence-corrected chi connectivity index (χ1v) is 8.74. The number of nitrogens with zero attached hydrogens (tertiary/aromatic N) is 1. The Hall–Kier alpha value is -0.660. The highest BCUT2D eigenvalue weighted by Crippen LogP contribution is 2.27. The molecule has 1 aromatic rings. The zero-order valence-corrected chi connectivity index (χ0v) is 13.7. The maximum atomic E-state index is 12.8. The van der Waals surface area contributed by atoms with E-state index in [9.17, 15) is 13.5 Å². The quantitative estimate of drug-likeness (QED) is 0.915. The van der Waals surface area contributed by atoms with Crippen molar-refractivity contribution in [2.45, 2.75) is 43.9 Å². The Labute approximate surface area is 130 Å². The highest BCUT2D eigenvalue weighted by Gasteiger charge is 2.35. The van der Waals surface area contributed by atoms with Crippen molar-refractivity contribution in [2.75, 3.05) is 13.2 Å². The Balaban J connectivity index is 2.40. The van der Waals surface area contributed by atoms with Crippen LogP contribution in [0.1, 0.15) is 25.8 Å². The van der Waals surface area contributed by atoms with Gasteiger partial charge in [-0.3, -0.25) is 0 Å². The van der Waals surface area contributed by atoms with Gasteiger partial charge >= 0.3 is 0 Å². The number of rotatable bonds is 4. The molecule has 7 heteroatoms. The van der Waals surface area contributed by atoms with Crippen molar-refractivity contribution in [1.29, 1.82) is 0 Å². The molecule has 0 aliphatic carbocycles. The van der Waals surface area contributed by atoms with E-state index in [1.54, 1.807) is 0 Å². The lowest BCUT2D eigenvalue weighted by atomic mass is 10.2. The number of aliphatic hydroxyl groups excluding tert-OH is 1. The second-order valence-electron chi connectivity index (χ2n) is 5.19. The molecule has 0 saturated carbocycles. The molecule has 1 aliphatic heterocycles. The summed E-state index contributed by atoms with van der Waals surface area (Å²) in [5, 5.41) is 9.61. The highest BCUT2D eigenvalue weighted by atomic mass is 35.5. The van der Waals surface area contributed by atoms with Crippen LogP contribution in [0, 0.1) is 0 Å². The summed E-state index contributed by atoms with van der Waals surface area (Å²) in [6.07, 6.45) is 0.555. The van der Waals surface area contributed by atoms with Crippen LogP contribution in [0.2, 0.25) is 5.02 Å². The second-order valence-corrected chi connectivity index (χ2v) is 7.49. The number of morpholine rings is 1. The molecule has 1 aromatic carbocycles. The molecule has 21 heavy (non-hydrogen) atoms. The number of benzene rings is 1. The van der Waals surface area contributed by atoms with E-state index in [0.29, 0.717) is 30.2 Å². The molecule has 118 valence electrons. The minimum Gasteiger partial charge on any atom is -0.392 e. The van der Waals surface area contributed by atoms with Gasteiger partial charge in [0.1, 0.15) is 0 Å². The lowest BCUT2D eigenvalue weighted by Gasteiger charge is -2.37. The van der Waals surface area contributed by atoms with Gasteiger partial charge < -0.3 is 9.84 Å². The number of aliphatic hydroxyl groups is 1. The summed E-state index contributed by atoms with van der Waals surface area (Å²) >= 11 is 5.92. The van der Waals surface area contributed by atoms with E-state index in [2.05, 4.69) is 0 Å². The van der Waals surface area contributed by atoms with E-state index >= 15 is 0 Å². The molecular formula is C14H20ClNO4S. The lowest BCUT2D eigenvalue weighted by molar-refractivity contribution is -0.0230. The fourth-order valence-corrected chi connectivity index (χ4v) is 4.39. The maximum Gasteiger partial charge on any atom is 0.243 e. The Morgan fingerprint density at radius 3 is 2.81 bits per heavy atom. The highest BCUT2D eigenvalue weighted by molar-refractivity contribution is 7.89. The smallest absolute Gasteiger partial charge is 0.243 e. The number of halogens is 1. The summed E-state index contributed by atoms with van der Waals surface area (Å²) in [4.78, 5) is 0.156. The van der Waals surface area contributed by atoms with Crippen LogP contribution in [-0.2, 0) is 21.4 Å². The van der Waals surface area contributed by atoms with E-state index in [1.165, 1.54) is 22.5 Å². The molecule has 0 aromatic heterocycles. The summed E-state index contributed by atoms with van der Waals surface area (Å²) in [6, 6.07) is 4.25.